The largest absolute Gasteiger partial charge is 0.462 e. The van der Waals surface area contributed by atoms with Gasteiger partial charge in [0.05, 0.1) is 6.54 Å². The van der Waals surface area contributed by atoms with E-state index >= 15 is 0 Å². The molecule has 2 N–H and O–H groups in total. The van der Waals surface area contributed by atoms with Gasteiger partial charge in [0, 0.05) is 6.04 Å². The molecule has 3 aliphatic carbocycles. The van der Waals surface area contributed by atoms with E-state index in [-0.39, 0.29) is 6.61 Å². The summed E-state index contributed by atoms with van der Waals surface area (Å²) in [7, 11) is 0. The van der Waals surface area contributed by atoms with Crippen LogP contribution >= 0.6 is 0 Å². The fourth-order valence-corrected chi connectivity index (χ4v) is 4.42. The van der Waals surface area contributed by atoms with E-state index in [4.69, 9.17) is 9.52 Å². The van der Waals surface area contributed by atoms with Gasteiger partial charge in [-0.3, -0.25) is 0 Å². The van der Waals surface area contributed by atoms with Crippen molar-refractivity contribution in [1.29, 1.82) is 0 Å². The summed E-state index contributed by atoms with van der Waals surface area (Å²) in [5, 5.41) is 12.6. The first-order chi connectivity index (χ1) is 8.36. The van der Waals surface area contributed by atoms with Gasteiger partial charge in [-0.1, -0.05) is 0 Å². The van der Waals surface area contributed by atoms with Gasteiger partial charge in [-0.2, -0.15) is 0 Å². The van der Waals surface area contributed by atoms with Crippen molar-refractivity contribution >= 4 is 0 Å². The van der Waals surface area contributed by atoms with Crippen molar-refractivity contribution < 1.29 is 9.52 Å². The molecule has 0 aliphatic heterocycles. The molecule has 0 saturated heterocycles. The van der Waals surface area contributed by atoms with Crippen LogP contribution < -0.4 is 5.32 Å². The van der Waals surface area contributed by atoms with Gasteiger partial charge in [-0.25, -0.2) is 0 Å². The number of aliphatic hydroxyl groups is 1. The van der Waals surface area contributed by atoms with E-state index in [1.165, 1.54) is 19.3 Å². The van der Waals surface area contributed by atoms with Crippen LogP contribution in [0, 0.1) is 23.7 Å². The Morgan fingerprint density at radius 2 is 1.88 bits per heavy atom. The molecular weight excluding hydrogens is 214 g/mol. The summed E-state index contributed by atoms with van der Waals surface area (Å²) in [6, 6.07) is 4.57. The second kappa shape index (κ2) is 3.59. The van der Waals surface area contributed by atoms with Gasteiger partial charge in [0.2, 0.25) is 0 Å². The van der Waals surface area contributed by atoms with Crippen LogP contribution in [0.5, 0.6) is 0 Å². The van der Waals surface area contributed by atoms with E-state index in [1.54, 1.807) is 0 Å². The van der Waals surface area contributed by atoms with Crippen molar-refractivity contribution in [1.82, 2.24) is 5.32 Å². The lowest BCUT2D eigenvalue weighted by Crippen LogP contribution is -2.22. The van der Waals surface area contributed by atoms with Crippen LogP contribution in [0.1, 0.15) is 30.8 Å². The van der Waals surface area contributed by atoms with Crippen LogP contribution in [-0.2, 0) is 13.2 Å². The number of nitrogens with one attached hydrogen (secondary N) is 1. The lowest BCUT2D eigenvalue weighted by atomic mass is 10.0. The number of fused-ring (bicyclic) bond motifs is 5. The maximum Gasteiger partial charge on any atom is 0.129 e. The highest BCUT2D eigenvalue weighted by Gasteiger charge is 2.64. The third kappa shape index (κ3) is 1.49. The van der Waals surface area contributed by atoms with Gasteiger partial charge in [0.25, 0.3) is 0 Å². The molecule has 0 amide bonds. The van der Waals surface area contributed by atoms with E-state index in [0.717, 1.165) is 42.0 Å². The Kier molecular flexibility index (Phi) is 2.15. The molecule has 3 heteroatoms. The Bertz CT molecular complexity index is 412. The Balaban J connectivity index is 1.35. The summed E-state index contributed by atoms with van der Waals surface area (Å²) in [5.41, 5.74) is 0. The van der Waals surface area contributed by atoms with Gasteiger partial charge >= 0.3 is 0 Å². The highest BCUT2D eigenvalue weighted by Crippen LogP contribution is 2.65. The van der Waals surface area contributed by atoms with Crippen LogP contribution in [0.15, 0.2) is 16.5 Å². The molecule has 2 bridgehead atoms. The van der Waals surface area contributed by atoms with Crippen LogP contribution in [0.4, 0.5) is 0 Å². The smallest absolute Gasteiger partial charge is 0.129 e. The molecule has 0 aromatic carbocycles. The van der Waals surface area contributed by atoms with Crippen LogP contribution in [0.2, 0.25) is 0 Å². The highest BCUT2D eigenvalue weighted by atomic mass is 16.4. The summed E-state index contributed by atoms with van der Waals surface area (Å²) in [6.45, 7) is 0.815. The summed E-state index contributed by atoms with van der Waals surface area (Å²) < 4.78 is 5.49. The molecule has 4 unspecified atom stereocenters. The molecule has 4 atom stereocenters. The number of hydrogen-bond donors (Lipinski definition) is 2. The minimum Gasteiger partial charge on any atom is -0.462 e. The van der Waals surface area contributed by atoms with Gasteiger partial charge in [0.1, 0.15) is 18.1 Å². The molecule has 3 aliphatic rings. The van der Waals surface area contributed by atoms with Crippen molar-refractivity contribution in [2.24, 2.45) is 23.7 Å². The van der Waals surface area contributed by atoms with Crippen LogP contribution in [0.25, 0.3) is 0 Å². The minimum atomic E-state index is -0.00116. The lowest BCUT2D eigenvalue weighted by molar-refractivity contribution is 0.242. The Labute approximate surface area is 101 Å². The number of hydrogen-bond acceptors (Lipinski definition) is 3. The normalized spacial score (nSPS) is 41.8. The van der Waals surface area contributed by atoms with Gasteiger partial charge in [0.15, 0.2) is 0 Å². The molecule has 3 saturated carbocycles. The minimum absolute atomic E-state index is 0.00116. The summed E-state index contributed by atoms with van der Waals surface area (Å²) >= 11 is 0. The van der Waals surface area contributed by atoms with Crippen LogP contribution in [-0.4, -0.2) is 11.1 Å². The molecule has 0 radical (unpaired) electrons. The van der Waals surface area contributed by atoms with Gasteiger partial charge in [-0.15, -0.1) is 0 Å². The molecule has 3 nitrogen and oxygen atoms in total. The maximum absolute atomic E-state index is 8.94. The van der Waals surface area contributed by atoms with E-state index in [1.807, 2.05) is 12.1 Å². The Morgan fingerprint density at radius 1 is 1.18 bits per heavy atom. The Morgan fingerprint density at radius 3 is 2.53 bits per heavy atom. The number of rotatable bonds is 4. The average Bonchev–Trinajstić information content (AvgIpc) is 2.81. The SMILES string of the molecule is OCc1ccc(CNC2C3C4CCC(C4)C23)o1. The van der Waals surface area contributed by atoms with Gasteiger partial charge < -0.3 is 14.8 Å². The first-order valence-corrected chi connectivity index (χ1v) is 6.78. The lowest BCUT2D eigenvalue weighted by Gasteiger charge is -2.09. The third-order valence-electron chi connectivity index (χ3n) is 5.12. The quantitative estimate of drug-likeness (QED) is 0.835. The molecule has 3 fully saturated rings. The zero-order chi connectivity index (χ0) is 11.4. The zero-order valence-electron chi connectivity index (χ0n) is 9.93. The summed E-state index contributed by atoms with van der Waals surface area (Å²) in [5.74, 6) is 5.60. The van der Waals surface area contributed by atoms with Gasteiger partial charge in [-0.05, 0) is 55.1 Å². The van der Waals surface area contributed by atoms with Crippen molar-refractivity contribution in [2.75, 3.05) is 0 Å². The van der Waals surface area contributed by atoms with E-state index in [9.17, 15) is 0 Å². The zero-order valence-corrected chi connectivity index (χ0v) is 9.93. The maximum atomic E-state index is 8.94. The first kappa shape index (κ1) is 10.2. The standard InChI is InChI=1S/C14H19NO2/c16-7-11-4-3-10(17-11)6-15-14-12-8-1-2-9(5-8)13(12)14/h3-4,8-9,12-16H,1-2,5-7H2. The molecule has 1 heterocycles. The van der Waals surface area contributed by atoms with Crippen molar-refractivity contribution in [3.8, 4) is 0 Å². The molecule has 1 aromatic heterocycles. The second-order valence-electron chi connectivity index (χ2n) is 5.92. The Hall–Kier alpha value is -0.800. The topological polar surface area (TPSA) is 45.4 Å². The second-order valence-corrected chi connectivity index (χ2v) is 5.92. The van der Waals surface area contributed by atoms with Crippen molar-refractivity contribution in [2.45, 2.75) is 38.5 Å². The van der Waals surface area contributed by atoms with Crippen LogP contribution in [0.3, 0.4) is 0 Å². The number of furan rings is 1. The highest BCUT2D eigenvalue weighted by molar-refractivity contribution is 5.17. The van der Waals surface area contributed by atoms with E-state index in [2.05, 4.69) is 5.32 Å². The summed E-state index contributed by atoms with van der Waals surface area (Å²) in [4.78, 5) is 0. The van der Waals surface area contributed by atoms with E-state index < -0.39 is 0 Å². The monoisotopic (exact) mass is 233 g/mol. The fourth-order valence-electron chi connectivity index (χ4n) is 4.42. The average molecular weight is 233 g/mol. The predicted molar refractivity (Wildman–Crippen MR) is 63.1 cm³/mol. The van der Waals surface area contributed by atoms with Crippen molar-refractivity contribution in [3.05, 3.63) is 23.7 Å². The summed E-state index contributed by atoms with van der Waals surface area (Å²) in [6.07, 6.45) is 4.45. The molecule has 4 rings (SSSR count). The molecular formula is C14H19NO2. The van der Waals surface area contributed by atoms with Crippen molar-refractivity contribution in [3.63, 3.8) is 0 Å². The molecule has 92 valence electrons. The predicted octanol–water partition coefficient (Wildman–Crippen LogP) is 1.91. The molecule has 17 heavy (non-hydrogen) atoms. The molecule has 0 spiro atoms. The first-order valence-electron chi connectivity index (χ1n) is 6.78. The van der Waals surface area contributed by atoms with E-state index in [0.29, 0.717) is 5.76 Å². The number of aliphatic hydroxyl groups excluding tert-OH is 1. The molecule has 1 aromatic rings. The fraction of sp³-hybridized carbons (Fsp3) is 0.714. The third-order valence-corrected chi connectivity index (χ3v) is 5.12.